The van der Waals surface area contributed by atoms with Crippen LogP contribution in [0.15, 0.2) is 5.38 Å². The van der Waals surface area contributed by atoms with Gasteiger partial charge in [0.1, 0.15) is 11.2 Å². The van der Waals surface area contributed by atoms with Gasteiger partial charge in [0.2, 0.25) is 5.13 Å². The number of nitrogens with one attached hydrogen (secondary N) is 2. The van der Waals surface area contributed by atoms with Gasteiger partial charge in [-0.1, -0.05) is 11.3 Å². The third-order valence-electron chi connectivity index (χ3n) is 1.98. The van der Waals surface area contributed by atoms with Crippen molar-refractivity contribution in [3.63, 3.8) is 0 Å². The maximum Gasteiger partial charge on any atom is 0.207 e. The molecule has 2 aromatic heterocycles. The second kappa shape index (κ2) is 5.39. The standard InChI is InChI=1S/C9H13N5OS2/c1-5-13-14-9(17-5)12-7(15)3-6-4-16-8(10-2)11-6/h4,7,15H,3H2,1-2H3,(H,10,11)(H,12,14). The van der Waals surface area contributed by atoms with Gasteiger partial charge in [0, 0.05) is 18.8 Å². The van der Waals surface area contributed by atoms with Gasteiger partial charge in [0.05, 0.1) is 5.69 Å². The van der Waals surface area contributed by atoms with Crippen LogP contribution in [0, 0.1) is 6.92 Å². The third-order valence-corrected chi connectivity index (χ3v) is 3.66. The first kappa shape index (κ1) is 12.2. The zero-order chi connectivity index (χ0) is 12.3. The van der Waals surface area contributed by atoms with E-state index in [2.05, 4.69) is 25.8 Å². The predicted octanol–water partition coefficient (Wildman–Crippen LogP) is 1.32. The second-order valence-corrected chi connectivity index (χ2v) is 5.42. The van der Waals surface area contributed by atoms with Crippen LogP contribution >= 0.6 is 22.7 Å². The topological polar surface area (TPSA) is 83.0 Å². The molecule has 17 heavy (non-hydrogen) atoms. The molecule has 0 amide bonds. The molecule has 8 heteroatoms. The van der Waals surface area contributed by atoms with Crippen molar-refractivity contribution in [2.75, 3.05) is 17.7 Å². The summed E-state index contributed by atoms with van der Waals surface area (Å²) in [5.74, 6) is 0. The molecule has 2 rings (SSSR count). The zero-order valence-corrected chi connectivity index (χ0v) is 11.1. The molecule has 0 aromatic carbocycles. The zero-order valence-electron chi connectivity index (χ0n) is 9.47. The van der Waals surface area contributed by atoms with E-state index in [1.54, 1.807) is 0 Å². The van der Waals surface area contributed by atoms with Crippen LogP contribution in [0.4, 0.5) is 10.3 Å². The van der Waals surface area contributed by atoms with Crippen molar-refractivity contribution >= 4 is 32.9 Å². The number of aryl methyl sites for hydroxylation is 1. The highest BCUT2D eigenvalue weighted by molar-refractivity contribution is 7.15. The van der Waals surface area contributed by atoms with Crippen LogP contribution in [-0.2, 0) is 6.42 Å². The SMILES string of the molecule is CNc1nc(CC(O)Nc2nnc(C)s2)cs1. The Labute approximate surface area is 107 Å². The van der Waals surface area contributed by atoms with E-state index < -0.39 is 6.23 Å². The number of aliphatic hydroxyl groups is 1. The maximum absolute atomic E-state index is 9.82. The molecule has 0 aliphatic heterocycles. The molecular weight excluding hydrogens is 258 g/mol. The van der Waals surface area contributed by atoms with E-state index in [-0.39, 0.29) is 0 Å². The summed E-state index contributed by atoms with van der Waals surface area (Å²) in [4.78, 5) is 4.29. The molecule has 0 fully saturated rings. The molecule has 0 radical (unpaired) electrons. The van der Waals surface area contributed by atoms with Crippen molar-refractivity contribution in [1.29, 1.82) is 0 Å². The lowest BCUT2D eigenvalue weighted by atomic mass is 10.3. The summed E-state index contributed by atoms with van der Waals surface area (Å²) in [6, 6.07) is 0. The van der Waals surface area contributed by atoms with Gasteiger partial charge in [-0.3, -0.25) is 0 Å². The summed E-state index contributed by atoms with van der Waals surface area (Å²) in [7, 11) is 1.82. The Balaban J connectivity index is 1.90. The highest BCUT2D eigenvalue weighted by atomic mass is 32.1. The summed E-state index contributed by atoms with van der Waals surface area (Å²) < 4.78 is 0. The highest BCUT2D eigenvalue weighted by Gasteiger charge is 2.10. The summed E-state index contributed by atoms with van der Waals surface area (Å²) >= 11 is 2.93. The first-order valence-electron chi connectivity index (χ1n) is 5.04. The first-order valence-corrected chi connectivity index (χ1v) is 6.74. The van der Waals surface area contributed by atoms with Gasteiger partial charge in [0.25, 0.3) is 0 Å². The smallest absolute Gasteiger partial charge is 0.207 e. The normalized spacial score (nSPS) is 12.4. The van der Waals surface area contributed by atoms with E-state index in [9.17, 15) is 5.11 Å². The molecule has 0 bridgehead atoms. The minimum atomic E-state index is -0.700. The largest absolute Gasteiger partial charge is 0.373 e. The summed E-state index contributed by atoms with van der Waals surface area (Å²) in [6.07, 6.45) is -0.259. The fraction of sp³-hybridized carbons (Fsp3) is 0.444. The van der Waals surface area contributed by atoms with E-state index in [1.165, 1.54) is 22.7 Å². The fourth-order valence-electron chi connectivity index (χ4n) is 1.26. The van der Waals surface area contributed by atoms with E-state index in [0.29, 0.717) is 11.6 Å². The molecule has 6 nitrogen and oxygen atoms in total. The number of nitrogens with zero attached hydrogens (tertiary/aromatic N) is 3. The molecule has 2 aromatic rings. The Hall–Kier alpha value is -1.25. The number of rotatable bonds is 5. The molecule has 0 saturated carbocycles. The lowest BCUT2D eigenvalue weighted by molar-refractivity contribution is 0.203. The lowest BCUT2D eigenvalue weighted by Crippen LogP contribution is -2.21. The molecular formula is C9H13N5OS2. The average Bonchev–Trinajstić information content (AvgIpc) is 2.88. The molecule has 92 valence electrons. The molecule has 1 atom stereocenters. The summed E-state index contributed by atoms with van der Waals surface area (Å²) in [6.45, 7) is 1.87. The van der Waals surface area contributed by atoms with E-state index in [0.717, 1.165) is 15.8 Å². The van der Waals surface area contributed by atoms with Crippen molar-refractivity contribution < 1.29 is 5.11 Å². The molecule has 0 spiro atoms. The highest BCUT2D eigenvalue weighted by Crippen LogP contribution is 2.18. The predicted molar refractivity (Wildman–Crippen MR) is 69.6 cm³/mol. The van der Waals surface area contributed by atoms with E-state index >= 15 is 0 Å². The fourth-order valence-corrected chi connectivity index (χ4v) is 2.58. The number of hydrogen-bond donors (Lipinski definition) is 3. The van der Waals surface area contributed by atoms with Crippen LogP contribution in [0.25, 0.3) is 0 Å². The molecule has 1 unspecified atom stereocenters. The lowest BCUT2D eigenvalue weighted by Gasteiger charge is -2.09. The number of hydrogen-bond acceptors (Lipinski definition) is 8. The van der Waals surface area contributed by atoms with Gasteiger partial charge in [0.15, 0.2) is 5.13 Å². The second-order valence-electron chi connectivity index (χ2n) is 3.38. The summed E-state index contributed by atoms with van der Waals surface area (Å²) in [5.41, 5.74) is 0.848. The van der Waals surface area contributed by atoms with E-state index in [1.807, 2.05) is 19.4 Å². The van der Waals surface area contributed by atoms with Crippen molar-refractivity contribution in [2.45, 2.75) is 19.6 Å². The Morgan fingerprint density at radius 2 is 2.24 bits per heavy atom. The molecule has 0 saturated heterocycles. The summed E-state index contributed by atoms with van der Waals surface area (Å²) in [5, 5.41) is 27.7. The Bertz CT molecular complexity index is 483. The van der Waals surface area contributed by atoms with Crippen LogP contribution in [0.1, 0.15) is 10.7 Å². The van der Waals surface area contributed by atoms with Gasteiger partial charge < -0.3 is 15.7 Å². The molecule has 0 aliphatic rings. The van der Waals surface area contributed by atoms with E-state index in [4.69, 9.17) is 0 Å². The van der Waals surface area contributed by atoms with Gasteiger partial charge in [-0.2, -0.15) is 0 Å². The quantitative estimate of drug-likeness (QED) is 0.711. The van der Waals surface area contributed by atoms with Crippen LogP contribution in [0.5, 0.6) is 0 Å². The van der Waals surface area contributed by atoms with Crippen molar-refractivity contribution in [2.24, 2.45) is 0 Å². The van der Waals surface area contributed by atoms with Crippen molar-refractivity contribution in [3.8, 4) is 0 Å². The monoisotopic (exact) mass is 271 g/mol. The van der Waals surface area contributed by atoms with Crippen LogP contribution in [0.3, 0.4) is 0 Å². The first-order chi connectivity index (χ1) is 8.17. The van der Waals surface area contributed by atoms with Gasteiger partial charge in [-0.15, -0.1) is 21.5 Å². The number of aliphatic hydroxyl groups excluding tert-OH is 1. The van der Waals surface area contributed by atoms with Gasteiger partial charge >= 0.3 is 0 Å². The molecule has 2 heterocycles. The van der Waals surface area contributed by atoms with Crippen LogP contribution in [0.2, 0.25) is 0 Å². The van der Waals surface area contributed by atoms with Gasteiger partial charge in [-0.05, 0) is 6.92 Å². The van der Waals surface area contributed by atoms with Crippen LogP contribution < -0.4 is 10.6 Å². The molecule has 0 aliphatic carbocycles. The number of aromatic nitrogens is 3. The Morgan fingerprint density at radius 3 is 2.82 bits per heavy atom. The Kier molecular flexibility index (Phi) is 3.87. The number of thiazole rings is 1. The molecule has 3 N–H and O–H groups in total. The Morgan fingerprint density at radius 1 is 1.41 bits per heavy atom. The minimum Gasteiger partial charge on any atom is -0.373 e. The maximum atomic E-state index is 9.82. The van der Waals surface area contributed by atoms with Gasteiger partial charge in [-0.25, -0.2) is 4.98 Å². The van der Waals surface area contributed by atoms with Crippen molar-refractivity contribution in [1.82, 2.24) is 15.2 Å². The minimum absolute atomic E-state index is 0.441. The van der Waals surface area contributed by atoms with Crippen molar-refractivity contribution in [3.05, 3.63) is 16.1 Å². The number of anilines is 2. The van der Waals surface area contributed by atoms with Crippen LogP contribution in [-0.4, -0.2) is 33.6 Å². The third kappa shape index (κ3) is 3.35. The average molecular weight is 271 g/mol.